The Morgan fingerprint density at radius 3 is 2.55 bits per heavy atom. The summed E-state index contributed by atoms with van der Waals surface area (Å²) in [6.45, 7) is 10.0. The van der Waals surface area contributed by atoms with Gasteiger partial charge < -0.3 is 10.5 Å². The van der Waals surface area contributed by atoms with Crippen LogP contribution in [-0.4, -0.2) is 12.6 Å². The summed E-state index contributed by atoms with van der Waals surface area (Å²) in [6, 6.07) is 4.20. The van der Waals surface area contributed by atoms with Crippen molar-refractivity contribution in [3.05, 3.63) is 28.3 Å². The van der Waals surface area contributed by atoms with Crippen LogP contribution in [0.5, 0.6) is 5.75 Å². The Hall–Kier alpha value is -0.730. The van der Waals surface area contributed by atoms with Crippen molar-refractivity contribution >= 4 is 11.6 Å². The highest BCUT2D eigenvalue weighted by Gasteiger charge is 2.66. The molecule has 0 bridgehead atoms. The van der Waals surface area contributed by atoms with E-state index in [1.165, 1.54) is 11.1 Å². The van der Waals surface area contributed by atoms with Gasteiger partial charge in [0.2, 0.25) is 0 Å². The maximum Gasteiger partial charge on any atom is 0.125 e. The first-order valence-electron chi connectivity index (χ1n) is 7.45. The molecule has 1 saturated carbocycles. The van der Waals surface area contributed by atoms with E-state index in [1.54, 1.807) is 0 Å². The van der Waals surface area contributed by atoms with E-state index in [-0.39, 0.29) is 6.04 Å². The molecule has 1 heterocycles. The van der Waals surface area contributed by atoms with Gasteiger partial charge in [0, 0.05) is 17.5 Å². The van der Waals surface area contributed by atoms with Crippen molar-refractivity contribution in [2.75, 3.05) is 6.61 Å². The number of hydrogen-bond acceptors (Lipinski definition) is 2. The topological polar surface area (TPSA) is 35.2 Å². The average molecular weight is 294 g/mol. The molecule has 0 spiro atoms. The smallest absolute Gasteiger partial charge is 0.125 e. The minimum Gasteiger partial charge on any atom is -0.493 e. The molecule has 1 aliphatic carbocycles. The van der Waals surface area contributed by atoms with E-state index >= 15 is 0 Å². The minimum absolute atomic E-state index is 0.159. The zero-order chi connectivity index (χ0) is 14.7. The van der Waals surface area contributed by atoms with Crippen molar-refractivity contribution in [1.82, 2.24) is 0 Å². The molecule has 1 unspecified atom stereocenters. The van der Waals surface area contributed by atoms with Gasteiger partial charge in [-0.3, -0.25) is 0 Å². The Bertz CT molecular complexity index is 536. The number of ether oxygens (including phenoxy) is 1. The fraction of sp³-hybridized carbons (Fsp3) is 0.647. The molecule has 1 aromatic carbocycles. The van der Waals surface area contributed by atoms with Crippen molar-refractivity contribution in [2.45, 2.75) is 46.6 Å². The van der Waals surface area contributed by atoms with E-state index in [1.807, 2.05) is 12.1 Å². The van der Waals surface area contributed by atoms with Crippen molar-refractivity contribution in [2.24, 2.45) is 22.5 Å². The van der Waals surface area contributed by atoms with Gasteiger partial charge in [-0.15, -0.1) is 0 Å². The highest BCUT2D eigenvalue weighted by Crippen LogP contribution is 2.69. The first kappa shape index (κ1) is 14.2. The number of fused-ring (bicyclic) bond motifs is 1. The lowest BCUT2D eigenvalue weighted by molar-refractivity contribution is 0.351. The molecular formula is C17H24ClNO. The predicted molar refractivity (Wildman–Crippen MR) is 83.4 cm³/mol. The molecule has 2 N–H and O–H groups in total. The standard InChI is InChI=1S/C17H24ClNO/c1-16(2)15(17(16,3)4)13(19)9-11-8-12(18)7-10-5-6-20-14(10)11/h7-8,13,15H,5-6,9,19H2,1-4H3. The largest absolute Gasteiger partial charge is 0.493 e. The summed E-state index contributed by atoms with van der Waals surface area (Å²) < 4.78 is 5.78. The van der Waals surface area contributed by atoms with Crippen molar-refractivity contribution in [1.29, 1.82) is 0 Å². The zero-order valence-corrected chi connectivity index (χ0v) is 13.6. The second-order valence-corrected chi connectivity index (χ2v) is 7.88. The van der Waals surface area contributed by atoms with Crippen LogP contribution in [0.2, 0.25) is 5.02 Å². The van der Waals surface area contributed by atoms with Gasteiger partial charge in [-0.2, -0.15) is 0 Å². The Balaban J connectivity index is 1.83. The van der Waals surface area contributed by atoms with Crippen LogP contribution in [0.25, 0.3) is 0 Å². The van der Waals surface area contributed by atoms with E-state index in [0.717, 1.165) is 30.2 Å². The number of hydrogen-bond donors (Lipinski definition) is 1. The third-order valence-electron chi connectivity index (χ3n) is 5.84. The van der Waals surface area contributed by atoms with Crippen LogP contribution in [0.3, 0.4) is 0 Å². The summed E-state index contributed by atoms with van der Waals surface area (Å²) in [4.78, 5) is 0. The van der Waals surface area contributed by atoms with Crippen molar-refractivity contribution < 1.29 is 4.74 Å². The van der Waals surface area contributed by atoms with Gasteiger partial charge in [-0.05, 0) is 46.4 Å². The second-order valence-electron chi connectivity index (χ2n) is 7.44. The summed E-state index contributed by atoms with van der Waals surface area (Å²) in [5.41, 5.74) is 9.54. The lowest BCUT2D eigenvalue weighted by atomic mass is 9.96. The van der Waals surface area contributed by atoms with E-state index in [4.69, 9.17) is 22.1 Å². The molecule has 1 aliphatic heterocycles. The third kappa shape index (κ3) is 1.96. The maximum atomic E-state index is 6.51. The van der Waals surface area contributed by atoms with Gasteiger partial charge in [-0.25, -0.2) is 0 Å². The van der Waals surface area contributed by atoms with Crippen LogP contribution in [0.4, 0.5) is 0 Å². The number of nitrogens with two attached hydrogens (primary N) is 1. The predicted octanol–water partition coefficient (Wildman–Crippen LogP) is 3.83. The molecule has 2 nitrogen and oxygen atoms in total. The number of benzene rings is 1. The number of halogens is 1. The summed E-state index contributed by atoms with van der Waals surface area (Å²) in [7, 11) is 0. The SMILES string of the molecule is CC1(C)C(C(N)Cc2cc(Cl)cc3c2OCC3)C1(C)C. The van der Waals surface area contributed by atoms with Crippen LogP contribution in [0.15, 0.2) is 12.1 Å². The van der Waals surface area contributed by atoms with Gasteiger partial charge in [0.15, 0.2) is 0 Å². The van der Waals surface area contributed by atoms with Gasteiger partial charge in [0.25, 0.3) is 0 Å². The van der Waals surface area contributed by atoms with Crippen LogP contribution in [-0.2, 0) is 12.8 Å². The molecule has 1 fully saturated rings. The molecule has 110 valence electrons. The molecule has 0 radical (unpaired) electrons. The molecule has 20 heavy (non-hydrogen) atoms. The first-order chi connectivity index (χ1) is 9.25. The summed E-state index contributed by atoms with van der Waals surface area (Å²) in [6.07, 6.45) is 1.80. The molecule has 0 saturated heterocycles. The Kier molecular flexibility index (Phi) is 3.11. The second kappa shape index (κ2) is 4.38. The quantitative estimate of drug-likeness (QED) is 0.919. The molecule has 3 heteroatoms. The maximum absolute atomic E-state index is 6.51. The van der Waals surface area contributed by atoms with E-state index in [9.17, 15) is 0 Å². The van der Waals surface area contributed by atoms with Crippen LogP contribution < -0.4 is 10.5 Å². The Labute approximate surface area is 126 Å². The molecule has 3 rings (SSSR count). The molecule has 1 aromatic rings. The Morgan fingerprint density at radius 1 is 1.30 bits per heavy atom. The molecular weight excluding hydrogens is 270 g/mol. The molecule has 2 aliphatic rings. The summed E-state index contributed by atoms with van der Waals surface area (Å²) in [5.74, 6) is 1.58. The minimum atomic E-state index is 0.159. The lowest BCUT2D eigenvalue weighted by Crippen LogP contribution is -2.28. The van der Waals surface area contributed by atoms with Gasteiger partial charge in [0.05, 0.1) is 6.61 Å². The fourth-order valence-corrected chi connectivity index (χ4v) is 4.45. The monoisotopic (exact) mass is 293 g/mol. The van der Waals surface area contributed by atoms with Crippen LogP contribution in [0, 0.1) is 16.7 Å². The zero-order valence-electron chi connectivity index (χ0n) is 12.8. The summed E-state index contributed by atoms with van der Waals surface area (Å²) in [5, 5.41) is 0.797. The lowest BCUT2D eigenvalue weighted by Gasteiger charge is -2.16. The molecule has 0 amide bonds. The Morgan fingerprint density at radius 2 is 1.95 bits per heavy atom. The van der Waals surface area contributed by atoms with Gasteiger partial charge >= 0.3 is 0 Å². The summed E-state index contributed by atoms with van der Waals surface area (Å²) >= 11 is 6.22. The van der Waals surface area contributed by atoms with E-state index < -0.39 is 0 Å². The average Bonchev–Trinajstić information content (AvgIpc) is 2.66. The highest BCUT2D eigenvalue weighted by molar-refractivity contribution is 6.30. The van der Waals surface area contributed by atoms with Crippen LogP contribution >= 0.6 is 11.6 Å². The van der Waals surface area contributed by atoms with Gasteiger partial charge in [0.1, 0.15) is 5.75 Å². The third-order valence-corrected chi connectivity index (χ3v) is 6.06. The normalized spacial score (nSPS) is 24.1. The van der Waals surface area contributed by atoms with Crippen molar-refractivity contribution in [3.8, 4) is 5.75 Å². The van der Waals surface area contributed by atoms with E-state index in [2.05, 4.69) is 27.7 Å². The van der Waals surface area contributed by atoms with E-state index in [0.29, 0.717) is 16.7 Å². The molecule has 0 aromatic heterocycles. The van der Waals surface area contributed by atoms with Crippen molar-refractivity contribution in [3.63, 3.8) is 0 Å². The number of rotatable bonds is 3. The molecule has 1 atom stereocenters. The van der Waals surface area contributed by atoms with Gasteiger partial charge in [-0.1, -0.05) is 39.3 Å². The first-order valence-corrected chi connectivity index (χ1v) is 7.82. The highest BCUT2D eigenvalue weighted by atomic mass is 35.5. The fourth-order valence-electron chi connectivity index (χ4n) is 4.19. The van der Waals surface area contributed by atoms with Crippen LogP contribution in [0.1, 0.15) is 38.8 Å².